The summed E-state index contributed by atoms with van der Waals surface area (Å²) < 4.78 is 5.91. The highest BCUT2D eigenvalue weighted by atomic mass is 32.2. The standard InChI is InChI=1S/C23H19N7OS/c1-32-23(26-14-24)27-18-6-2-4-15(12-18)21-28-22(30-29-21)16-5-3-7-20(13-16)31-19-10-8-17(25)9-11-19/h2-13H,25H2,1H3,(H,26,27)(H,28,29,30). The Morgan fingerprint density at radius 1 is 1.06 bits per heavy atom. The third-order valence-electron chi connectivity index (χ3n) is 4.40. The number of rotatable bonds is 5. The molecule has 0 saturated heterocycles. The molecule has 4 aromatic rings. The topological polar surface area (TPSA) is 125 Å². The van der Waals surface area contributed by atoms with Gasteiger partial charge in [0.15, 0.2) is 23.0 Å². The van der Waals surface area contributed by atoms with Crippen molar-refractivity contribution in [1.29, 1.82) is 5.26 Å². The summed E-state index contributed by atoms with van der Waals surface area (Å²) in [5.74, 6) is 2.53. The van der Waals surface area contributed by atoms with Crippen molar-refractivity contribution >= 4 is 28.3 Å². The molecule has 158 valence electrons. The largest absolute Gasteiger partial charge is 0.457 e. The number of thioether (sulfide) groups is 1. The molecule has 1 aromatic heterocycles. The summed E-state index contributed by atoms with van der Waals surface area (Å²) in [4.78, 5) is 9.06. The normalized spacial score (nSPS) is 11.1. The van der Waals surface area contributed by atoms with Gasteiger partial charge in [0, 0.05) is 16.8 Å². The van der Waals surface area contributed by atoms with Crippen molar-refractivity contribution in [1.82, 2.24) is 20.5 Å². The lowest BCUT2D eigenvalue weighted by molar-refractivity contribution is 0.483. The number of ether oxygens (including phenoxy) is 1. The predicted octanol–water partition coefficient (Wildman–Crippen LogP) is 4.93. The molecule has 0 aliphatic heterocycles. The highest BCUT2D eigenvalue weighted by Gasteiger charge is 2.10. The average molecular weight is 442 g/mol. The molecule has 0 aliphatic rings. The van der Waals surface area contributed by atoms with Gasteiger partial charge < -0.3 is 10.5 Å². The maximum atomic E-state index is 8.81. The summed E-state index contributed by atoms with van der Waals surface area (Å²) in [6, 6.07) is 22.3. The van der Waals surface area contributed by atoms with E-state index in [1.807, 2.05) is 73.1 Å². The van der Waals surface area contributed by atoms with Crippen molar-refractivity contribution in [3.63, 3.8) is 0 Å². The molecule has 0 radical (unpaired) electrons. The van der Waals surface area contributed by atoms with Crippen LogP contribution < -0.4 is 15.8 Å². The summed E-state index contributed by atoms with van der Waals surface area (Å²) in [7, 11) is 0. The van der Waals surface area contributed by atoms with Crippen LogP contribution in [0.1, 0.15) is 0 Å². The Morgan fingerprint density at radius 3 is 2.62 bits per heavy atom. The van der Waals surface area contributed by atoms with Gasteiger partial charge in [0.1, 0.15) is 11.5 Å². The van der Waals surface area contributed by atoms with Crippen LogP contribution in [-0.2, 0) is 0 Å². The van der Waals surface area contributed by atoms with E-state index in [9.17, 15) is 0 Å². The molecule has 32 heavy (non-hydrogen) atoms. The first-order chi connectivity index (χ1) is 15.6. The number of amidine groups is 1. The van der Waals surface area contributed by atoms with E-state index in [1.165, 1.54) is 11.8 Å². The van der Waals surface area contributed by atoms with Crippen LogP contribution in [0.15, 0.2) is 77.8 Å². The molecule has 0 atom stereocenters. The van der Waals surface area contributed by atoms with Crippen molar-refractivity contribution in [3.8, 4) is 40.5 Å². The Labute approximate surface area is 189 Å². The molecule has 8 nitrogen and oxygen atoms in total. The van der Waals surface area contributed by atoms with Crippen molar-refractivity contribution in [2.75, 3.05) is 12.0 Å². The smallest absolute Gasteiger partial charge is 0.183 e. The number of nitrogen functional groups attached to an aromatic ring is 1. The van der Waals surface area contributed by atoms with Gasteiger partial charge in [-0.25, -0.2) is 9.98 Å². The molecule has 4 N–H and O–H groups in total. The van der Waals surface area contributed by atoms with E-state index in [1.54, 1.807) is 12.1 Å². The number of aromatic amines is 1. The fraction of sp³-hybridized carbons (Fsp3) is 0.0435. The zero-order chi connectivity index (χ0) is 22.3. The van der Waals surface area contributed by atoms with Gasteiger partial charge in [0.25, 0.3) is 0 Å². The Kier molecular flexibility index (Phi) is 6.34. The molecule has 4 rings (SSSR count). The van der Waals surface area contributed by atoms with Gasteiger partial charge in [0.2, 0.25) is 0 Å². The number of nitrogens with zero attached hydrogens (tertiary/aromatic N) is 4. The monoisotopic (exact) mass is 441 g/mol. The second-order valence-corrected chi connectivity index (χ2v) is 7.41. The van der Waals surface area contributed by atoms with E-state index < -0.39 is 0 Å². The molecule has 0 fully saturated rings. The molecular weight excluding hydrogens is 422 g/mol. The average Bonchev–Trinajstić information content (AvgIpc) is 3.31. The maximum Gasteiger partial charge on any atom is 0.183 e. The van der Waals surface area contributed by atoms with Crippen LogP contribution in [0.5, 0.6) is 11.5 Å². The zero-order valence-electron chi connectivity index (χ0n) is 17.1. The highest BCUT2D eigenvalue weighted by molar-refractivity contribution is 8.13. The first kappa shape index (κ1) is 21.0. The number of hydrogen-bond acceptors (Lipinski definition) is 7. The molecular formula is C23H19N7OS. The van der Waals surface area contributed by atoms with Crippen molar-refractivity contribution in [2.24, 2.45) is 4.99 Å². The number of aliphatic imine (C=N–C) groups is 1. The van der Waals surface area contributed by atoms with Gasteiger partial charge in [-0.05, 0) is 54.8 Å². The van der Waals surface area contributed by atoms with Gasteiger partial charge in [-0.1, -0.05) is 36.0 Å². The van der Waals surface area contributed by atoms with Gasteiger partial charge in [-0.3, -0.25) is 10.4 Å². The number of nitrogens with two attached hydrogens (primary N) is 1. The van der Waals surface area contributed by atoms with Crippen LogP contribution in [0.2, 0.25) is 0 Å². The number of hydrogen-bond donors (Lipinski definition) is 3. The minimum absolute atomic E-state index is 0.512. The lowest BCUT2D eigenvalue weighted by Gasteiger charge is -2.07. The molecule has 0 saturated carbocycles. The second-order valence-electron chi connectivity index (χ2n) is 6.61. The summed E-state index contributed by atoms with van der Waals surface area (Å²) in [6.07, 6.45) is 3.73. The van der Waals surface area contributed by atoms with Gasteiger partial charge in [-0.2, -0.15) is 10.4 Å². The van der Waals surface area contributed by atoms with Crippen LogP contribution in [0.25, 0.3) is 22.8 Å². The Morgan fingerprint density at radius 2 is 1.84 bits per heavy atom. The van der Waals surface area contributed by atoms with Crippen LogP contribution in [0, 0.1) is 11.5 Å². The Bertz CT molecular complexity index is 1290. The zero-order valence-corrected chi connectivity index (χ0v) is 17.9. The van der Waals surface area contributed by atoms with Gasteiger partial charge in [-0.15, -0.1) is 0 Å². The molecule has 0 bridgehead atoms. The summed E-state index contributed by atoms with van der Waals surface area (Å²) in [6.45, 7) is 0. The van der Waals surface area contributed by atoms with E-state index in [2.05, 4.69) is 25.5 Å². The van der Waals surface area contributed by atoms with E-state index in [0.717, 1.165) is 11.1 Å². The number of nitriles is 1. The minimum Gasteiger partial charge on any atom is -0.457 e. The fourth-order valence-electron chi connectivity index (χ4n) is 2.90. The number of nitrogens with one attached hydrogen (secondary N) is 2. The van der Waals surface area contributed by atoms with Crippen LogP contribution in [0.3, 0.4) is 0 Å². The third kappa shape index (κ3) is 5.06. The summed E-state index contributed by atoms with van der Waals surface area (Å²) in [5, 5.41) is 19.2. The molecule has 0 spiro atoms. The minimum atomic E-state index is 0.512. The van der Waals surface area contributed by atoms with E-state index >= 15 is 0 Å². The van der Waals surface area contributed by atoms with Gasteiger partial charge >= 0.3 is 0 Å². The first-order valence-corrected chi connectivity index (χ1v) is 10.8. The van der Waals surface area contributed by atoms with Crippen LogP contribution in [-0.4, -0.2) is 26.6 Å². The van der Waals surface area contributed by atoms with E-state index in [4.69, 9.17) is 15.7 Å². The summed E-state index contributed by atoms with van der Waals surface area (Å²) >= 11 is 1.36. The predicted molar refractivity (Wildman–Crippen MR) is 128 cm³/mol. The summed E-state index contributed by atoms with van der Waals surface area (Å²) in [5.41, 5.74) is 8.75. The van der Waals surface area contributed by atoms with Gasteiger partial charge in [0.05, 0.1) is 5.69 Å². The number of aromatic nitrogens is 3. The Balaban J connectivity index is 1.56. The highest BCUT2D eigenvalue weighted by Crippen LogP contribution is 2.28. The molecule has 1 heterocycles. The molecule has 0 aliphatic carbocycles. The van der Waals surface area contributed by atoms with E-state index in [-0.39, 0.29) is 0 Å². The fourth-order valence-corrected chi connectivity index (χ4v) is 3.25. The molecule has 0 amide bonds. The third-order valence-corrected chi connectivity index (χ3v) is 4.98. The SMILES string of the molecule is CSC(=Nc1cccc(-c2n[nH]c(-c3cccc(Oc4ccc(N)cc4)c3)n2)c1)NC#N. The van der Waals surface area contributed by atoms with Crippen molar-refractivity contribution in [3.05, 3.63) is 72.8 Å². The lowest BCUT2D eigenvalue weighted by Crippen LogP contribution is -2.12. The lowest BCUT2D eigenvalue weighted by atomic mass is 10.2. The quantitative estimate of drug-likeness (QED) is 0.132. The van der Waals surface area contributed by atoms with Crippen LogP contribution in [0.4, 0.5) is 11.4 Å². The molecule has 3 aromatic carbocycles. The van der Waals surface area contributed by atoms with E-state index in [0.29, 0.717) is 39.7 Å². The number of anilines is 1. The van der Waals surface area contributed by atoms with Crippen LogP contribution >= 0.6 is 11.8 Å². The molecule has 0 unspecified atom stereocenters. The number of benzene rings is 3. The number of H-pyrrole nitrogens is 1. The maximum absolute atomic E-state index is 8.81. The molecule has 9 heteroatoms. The second kappa shape index (κ2) is 9.68. The first-order valence-electron chi connectivity index (χ1n) is 9.59. The Hall–Kier alpha value is -4.29. The van der Waals surface area contributed by atoms with Crippen molar-refractivity contribution < 1.29 is 4.74 Å². The van der Waals surface area contributed by atoms with Crippen molar-refractivity contribution in [2.45, 2.75) is 0 Å².